The molecule has 1 aromatic heterocycles. The minimum atomic E-state index is -0.399. The number of carbonyl (C=O) groups excluding carboxylic acids is 1. The molecule has 0 spiro atoms. The predicted molar refractivity (Wildman–Crippen MR) is 116 cm³/mol. The van der Waals surface area contributed by atoms with E-state index in [1.54, 1.807) is 7.11 Å². The predicted octanol–water partition coefficient (Wildman–Crippen LogP) is 5.63. The van der Waals surface area contributed by atoms with Crippen molar-refractivity contribution < 1.29 is 18.7 Å². The Labute approximate surface area is 174 Å². The standard InChI is InChI=1S/C25H23NO4/c1-25(2)14-20(19-12-16(28-3)9-11-22(19)30-25)26-24(27)23-13-18-17-7-5-4-6-15(17)8-10-21(18)29-23/h4-13,20H,14H2,1-3H3,(H,26,27). The van der Waals surface area contributed by atoms with E-state index in [0.29, 0.717) is 17.8 Å². The van der Waals surface area contributed by atoms with Crippen molar-refractivity contribution in [3.8, 4) is 11.5 Å². The van der Waals surface area contributed by atoms with E-state index >= 15 is 0 Å². The fourth-order valence-electron chi connectivity index (χ4n) is 4.22. The Bertz CT molecular complexity index is 1270. The van der Waals surface area contributed by atoms with Crippen LogP contribution in [0.2, 0.25) is 0 Å². The molecule has 5 nitrogen and oxygen atoms in total. The van der Waals surface area contributed by atoms with Gasteiger partial charge in [0.15, 0.2) is 5.76 Å². The maximum absolute atomic E-state index is 13.1. The molecule has 0 saturated heterocycles. The largest absolute Gasteiger partial charge is 0.497 e. The highest BCUT2D eigenvalue weighted by atomic mass is 16.5. The van der Waals surface area contributed by atoms with Gasteiger partial charge in [-0.3, -0.25) is 4.79 Å². The molecular formula is C25H23NO4. The average molecular weight is 401 g/mol. The van der Waals surface area contributed by atoms with Crippen molar-refractivity contribution in [1.29, 1.82) is 0 Å². The summed E-state index contributed by atoms with van der Waals surface area (Å²) in [6.45, 7) is 4.04. The van der Waals surface area contributed by atoms with Crippen LogP contribution in [0.4, 0.5) is 0 Å². The second-order valence-corrected chi connectivity index (χ2v) is 8.30. The quantitative estimate of drug-likeness (QED) is 0.483. The van der Waals surface area contributed by atoms with Crippen molar-refractivity contribution in [3.63, 3.8) is 0 Å². The molecule has 0 bridgehead atoms. The lowest BCUT2D eigenvalue weighted by atomic mass is 9.89. The Morgan fingerprint density at radius 3 is 2.73 bits per heavy atom. The van der Waals surface area contributed by atoms with Crippen molar-refractivity contribution >= 4 is 27.6 Å². The van der Waals surface area contributed by atoms with Gasteiger partial charge in [-0.2, -0.15) is 0 Å². The van der Waals surface area contributed by atoms with Crippen LogP contribution >= 0.6 is 0 Å². The molecule has 0 fully saturated rings. The number of fused-ring (bicyclic) bond motifs is 4. The van der Waals surface area contributed by atoms with Gasteiger partial charge in [0.05, 0.1) is 13.2 Å². The van der Waals surface area contributed by atoms with Gasteiger partial charge in [0.25, 0.3) is 5.91 Å². The Hall–Kier alpha value is -3.47. The monoisotopic (exact) mass is 401 g/mol. The Kier molecular flexibility index (Phi) is 4.21. The topological polar surface area (TPSA) is 60.7 Å². The van der Waals surface area contributed by atoms with Gasteiger partial charge in [0.2, 0.25) is 0 Å². The molecule has 1 aliphatic heterocycles. The lowest BCUT2D eigenvalue weighted by molar-refractivity contribution is 0.0610. The molecule has 1 aliphatic rings. The van der Waals surface area contributed by atoms with Crippen molar-refractivity contribution in [2.45, 2.75) is 31.9 Å². The summed E-state index contributed by atoms with van der Waals surface area (Å²) in [7, 11) is 1.63. The van der Waals surface area contributed by atoms with Gasteiger partial charge in [-0.15, -0.1) is 0 Å². The molecule has 1 amide bonds. The number of amides is 1. The third kappa shape index (κ3) is 3.16. The molecule has 152 valence electrons. The summed E-state index contributed by atoms with van der Waals surface area (Å²) < 4.78 is 17.4. The van der Waals surface area contributed by atoms with Gasteiger partial charge in [-0.1, -0.05) is 30.3 Å². The third-order valence-corrected chi connectivity index (χ3v) is 5.63. The number of furan rings is 1. The van der Waals surface area contributed by atoms with Crippen molar-refractivity contribution in [1.82, 2.24) is 5.32 Å². The number of carbonyl (C=O) groups is 1. The number of nitrogens with one attached hydrogen (secondary N) is 1. The van der Waals surface area contributed by atoms with Crippen molar-refractivity contribution in [2.24, 2.45) is 0 Å². The highest BCUT2D eigenvalue weighted by Crippen LogP contribution is 2.41. The van der Waals surface area contributed by atoms with Crippen LogP contribution in [0.15, 0.2) is 65.1 Å². The first kappa shape index (κ1) is 18.6. The van der Waals surface area contributed by atoms with Crippen LogP contribution in [0, 0.1) is 0 Å². The van der Waals surface area contributed by atoms with Gasteiger partial charge in [0, 0.05) is 17.4 Å². The first-order valence-corrected chi connectivity index (χ1v) is 10.0. The Balaban J connectivity index is 1.50. The first-order valence-electron chi connectivity index (χ1n) is 10.0. The maximum Gasteiger partial charge on any atom is 0.287 e. The third-order valence-electron chi connectivity index (χ3n) is 5.63. The number of ether oxygens (including phenoxy) is 2. The van der Waals surface area contributed by atoms with E-state index in [1.807, 2.05) is 68.4 Å². The molecule has 1 atom stereocenters. The van der Waals surface area contributed by atoms with E-state index in [4.69, 9.17) is 13.9 Å². The highest BCUT2D eigenvalue weighted by molar-refractivity contribution is 6.08. The van der Waals surface area contributed by atoms with E-state index in [1.165, 1.54) is 0 Å². The van der Waals surface area contributed by atoms with Crippen LogP contribution in [0.1, 0.15) is 42.4 Å². The fraction of sp³-hybridized carbons (Fsp3) is 0.240. The molecule has 1 N–H and O–H groups in total. The molecule has 5 rings (SSSR count). The number of hydrogen-bond acceptors (Lipinski definition) is 4. The van der Waals surface area contributed by atoms with Gasteiger partial charge in [0.1, 0.15) is 22.7 Å². The fourth-order valence-corrected chi connectivity index (χ4v) is 4.22. The molecule has 0 saturated carbocycles. The molecule has 1 unspecified atom stereocenters. The SMILES string of the molecule is COc1ccc2c(c1)C(NC(=O)c1cc3c(ccc4ccccc43)o1)CC(C)(C)O2. The summed E-state index contributed by atoms with van der Waals surface area (Å²) in [4.78, 5) is 13.1. The molecule has 0 aliphatic carbocycles. The van der Waals surface area contributed by atoms with Gasteiger partial charge < -0.3 is 19.2 Å². The average Bonchev–Trinajstić information content (AvgIpc) is 3.18. The van der Waals surface area contributed by atoms with Crippen LogP contribution in [-0.4, -0.2) is 18.6 Å². The zero-order valence-electron chi connectivity index (χ0n) is 17.2. The van der Waals surface area contributed by atoms with Crippen LogP contribution in [0.3, 0.4) is 0 Å². The number of methoxy groups -OCH3 is 1. The Morgan fingerprint density at radius 2 is 1.90 bits per heavy atom. The summed E-state index contributed by atoms with van der Waals surface area (Å²) in [5.41, 5.74) is 1.21. The van der Waals surface area contributed by atoms with Crippen LogP contribution in [-0.2, 0) is 0 Å². The smallest absolute Gasteiger partial charge is 0.287 e. The molecule has 3 aromatic carbocycles. The van der Waals surface area contributed by atoms with Crippen LogP contribution in [0.5, 0.6) is 11.5 Å². The van der Waals surface area contributed by atoms with E-state index < -0.39 is 5.60 Å². The Morgan fingerprint density at radius 1 is 1.07 bits per heavy atom. The van der Waals surface area contributed by atoms with Gasteiger partial charge in [-0.25, -0.2) is 0 Å². The van der Waals surface area contributed by atoms with Crippen molar-refractivity contribution in [3.05, 3.63) is 72.0 Å². The lowest BCUT2D eigenvalue weighted by Gasteiger charge is -2.37. The first-order chi connectivity index (χ1) is 14.4. The second kappa shape index (κ2) is 6.80. The molecule has 30 heavy (non-hydrogen) atoms. The lowest BCUT2D eigenvalue weighted by Crippen LogP contribution is -2.41. The number of benzene rings is 3. The van der Waals surface area contributed by atoms with Gasteiger partial charge >= 0.3 is 0 Å². The second-order valence-electron chi connectivity index (χ2n) is 8.30. The van der Waals surface area contributed by atoms with Crippen LogP contribution < -0.4 is 14.8 Å². The molecular weight excluding hydrogens is 378 g/mol. The zero-order chi connectivity index (χ0) is 20.9. The number of hydrogen-bond donors (Lipinski definition) is 1. The minimum Gasteiger partial charge on any atom is -0.497 e. The summed E-state index contributed by atoms with van der Waals surface area (Å²) in [6, 6.07) is 19.3. The zero-order valence-corrected chi connectivity index (χ0v) is 17.2. The summed E-state index contributed by atoms with van der Waals surface area (Å²) >= 11 is 0. The maximum atomic E-state index is 13.1. The summed E-state index contributed by atoms with van der Waals surface area (Å²) in [5.74, 6) is 1.54. The van der Waals surface area contributed by atoms with Crippen LogP contribution in [0.25, 0.3) is 21.7 Å². The van der Waals surface area contributed by atoms with E-state index in [0.717, 1.165) is 33.2 Å². The number of rotatable bonds is 3. The molecule has 5 heteroatoms. The molecule has 0 radical (unpaired) electrons. The normalized spacial score (nSPS) is 17.4. The van der Waals surface area contributed by atoms with Crippen molar-refractivity contribution in [2.75, 3.05) is 7.11 Å². The summed E-state index contributed by atoms with van der Waals surface area (Å²) in [6.07, 6.45) is 0.641. The van der Waals surface area contributed by atoms with E-state index in [-0.39, 0.29) is 11.9 Å². The minimum absolute atomic E-state index is 0.212. The van der Waals surface area contributed by atoms with E-state index in [9.17, 15) is 4.79 Å². The molecule has 4 aromatic rings. The van der Waals surface area contributed by atoms with E-state index in [2.05, 4.69) is 11.4 Å². The van der Waals surface area contributed by atoms with Gasteiger partial charge in [-0.05, 0) is 55.0 Å². The molecule has 2 heterocycles. The highest BCUT2D eigenvalue weighted by Gasteiger charge is 2.35. The summed E-state index contributed by atoms with van der Waals surface area (Å²) in [5, 5.41) is 6.26.